The molecule has 1 fully saturated rings. The molecule has 0 unspecified atom stereocenters. The Bertz CT molecular complexity index is 849. The SMILES string of the molecule is CCNC(=NCc1cccc(C(=O)NC(C)(C)C)c1)N1CCN(c2cccs2)CC1. The second-order valence-corrected chi connectivity index (χ2v) is 9.43. The van der Waals surface area contributed by atoms with Crippen molar-refractivity contribution in [2.75, 3.05) is 37.6 Å². The number of aliphatic imine (C=N–C) groups is 1. The summed E-state index contributed by atoms with van der Waals surface area (Å²) in [5.74, 6) is 0.887. The predicted octanol–water partition coefficient (Wildman–Crippen LogP) is 3.56. The van der Waals surface area contributed by atoms with Gasteiger partial charge in [0.25, 0.3) is 5.91 Å². The van der Waals surface area contributed by atoms with E-state index >= 15 is 0 Å². The summed E-state index contributed by atoms with van der Waals surface area (Å²) < 4.78 is 0. The van der Waals surface area contributed by atoms with Crippen molar-refractivity contribution in [1.82, 2.24) is 15.5 Å². The summed E-state index contributed by atoms with van der Waals surface area (Å²) in [6.45, 7) is 13.3. The second-order valence-electron chi connectivity index (χ2n) is 8.50. The molecule has 6 nitrogen and oxygen atoms in total. The lowest BCUT2D eigenvalue weighted by atomic mass is 10.1. The van der Waals surface area contributed by atoms with Gasteiger partial charge in [0.2, 0.25) is 0 Å². The summed E-state index contributed by atoms with van der Waals surface area (Å²) in [6.07, 6.45) is 0. The minimum Gasteiger partial charge on any atom is -0.360 e. The number of thiophene rings is 1. The van der Waals surface area contributed by atoms with Crippen LogP contribution in [-0.2, 0) is 6.54 Å². The monoisotopic (exact) mass is 427 g/mol. The summed E-state index contributed by atoms with van der Waals surface area (Å²) >= 11 is 1.79. The smallest absolute Gasteiger partial charge is 0.251 e. The molecule has 1 aromatic carbocycles. The Hall–Kier alpha value is -2.54. The van der Waals surface area contributed by atoms with E-state index in [1.54, 1.807) is 11.3 Å². The van der Waals surface area contributed by atoms with Crippen LogP contribution in [0.3, 0.4) is 0 Å². The third-order valence-electron chi connectivity index (χ3n) is 4.82. The molecule has 1 aliphatic rings. The molecule has 30 heavy (non-hydrogen) atoms. The molecule has 0 bridgehead atoms. The van der Waals surface area contributed by atoms with Crippen LogP contribution in [0, 0.1) is 0 Å². The standard InChI is InChI=1S/C23H33N5OS/c1-5-24-22(28-13-11-27(12-14-28)20-10-7-15-30-20)25-17-18-8-6-9-19(16-18)21(29)26-23(2,3)4/h6-10,15-16H,5,11-14,17H2,1-4H3,(H,24,25)(H,26,29). The Labute approximate surface area is 184 Å². The molecule has 2 N–H and O–H groups in total. The zero-order valence-corrected chi connectivity index (χ0v) is 19.3. The van der Waals surface area contributed by atoms with Crippen LogP contribution in [0.4, 0.5) is 5.00 Å². The maximum atomic E-state index is 12.5. The molecule has 162 valence electrons. The summed E-state index contributed by atoms with van der Waals surface area (Å²) in [5, 5.41) is 9.90. The molecule has 1 amide bonds. The molecule has 1 aromatic heterocycles. The largest absolute Gasteiger partial charge is 0.360 e. The molecular formula is C23H33N5OS. The third-order valence-corrected chi connectivity index (χ3v) is 5.75. The Morgan fingerprint density at radius 3 is 2.53 bits per heavy atom. The van der Waals surface area contributed by atoms with Crippen molar-refractivity contribution in [3.05, 3.63) is 52.9 Å². The van der Waals surface area contributed by atoms with E-state index < -0.39 is 0 Å². The van der Waals surface area contributed by atoms with Gasteiger partial charge in [-0.1, -0.05) is 12.1 Å². The summed E-state index contributed by atoms with van der Waals surface area (Å²) in [4.78, 5) is 22.1. The molecular weight excluding hydrogens is 394 g/mol. The van der Waals surface area contributed by atoms with Gasteiger partial charge in [-0.2, -0.15) is 0 Å². The lowest BCUT2D eigenvalue weighted by Crippen LogP contribution is -2.52. The van der Waals surface area contributed by atoms with Crippen molar-refractivity contribution in [2.45, 2.75) is 39.8 Å². The average Bonchev–Trinajstić information content (AvgIpc) is 3.25. The fourth-order valence-corrected chi connectivity index (χ4v) is 4.19. The van der Waals surface area contributed by atoms with Gasteiger partial charge in [0.15, 0.2) is 5.96 Å². The first-order chi connectivity index (χ1) is 14.4. The normalized spacial score (nSPS) is 15.3. The first-order valence-electron chi connectivity index (χ1n) is 10.6. The highest BCUT2D eigenvalue weighted by Crippen LogP contribution is 2.22. The van der Waals surface area contributed by atoms with Crippen LogP contribution >= 0.6 is 11.3 Å². The number of hydrogen-bond donors (Lipinski definition) is 2. The third kappa shape index (κ3) is 6.23. The fraction of sp³-hybridized carbons (Fsp3) is 0.478. The minimum absolute atomic E-state index is 0.0510. The number of carbonyl (C=O) groups is 1. The van der Waals surface area contributed by atoms with Gasteiger partial charge in [-0.3, -0.25) is 4.79 Å². The molecule has 7 heteroatoms. The number of hydrogen-bond acceptors (Lipinski definition) is 4. The molecule has 0 atom stereocenters. The van der Waals surface area contributed by atoms with Gasteiger partial charge in [0.05, 0.1) is 11.5 Å². The molecule has 1 saturated heterocycles. The van der Waals surface area contributed by atoms with Gasteiger partial charge < -0.3 is 20.4 Å². The lowest BCUT2D eigenvalue weighted by molar-refractivity contribution is 0.0919. The van der Waals surface area contributed by atoms with E-state index in [1.165, 1.54) is 5.00 Å². The van der Waals surface area contributed by atoms with Crippen LogP contribution in [0.1, 0.15) is 43.6 Å². The molecule has 0 spiro atoms. The van der Waals surface area contributed by atoms with E-state index in [0.29, 0.717) is 12.1 Å². The quantitative estimate of drug-likeness (QED) is 0.566. The van der Waals surface area contributed by atoms with Crippen molar-refractivity contribution in [3.63, 3.8) is 0 Å². The van der Waals surface area contributed by atoms with Crippen molar-refractivity contribution in [1.29, 1.82) is 0 Å². The van der Waals surface area contributed by atoms with Gasteiger partial charge in [-0.05, 0) is 62.9 Å². The van der Waals surface area contributed by atoms with Gasteiger partial charge >= 0.3 is 0 Å². The highest BCUT2D eigenvalue weighted by atomic mass is 32.1. The summed E-state index contributed by atoms with van der Waals surface area (Å²) in [6, 6.07) is 12.0. The van der Waals surface area contributed by atoms with Crippen LogP contribution in [0.5, 0.6) is 0 Å². The molecule has 2 heterocycles. The topological polar surface area (TPSA) is 60.0 Å². The number of nitrogens with zero attached hydrogens (tertiary/aromatic N) is 3. The fourth-order valence-electron chi connectivity index (χ4n) is 3.40. The molecule has 0 radical (unpaired) electrons. The zero-order chi connectivity index (χ0) is 21.6. The first kappa shape index (κ1) is 22.2. The number of guanidine groups is 1. The Balaban J connectivity index is 1.64. The van der Waals surface area contributed by atoms with Crippen LogP contribution in [0.2, 0.25) is 0 Å². The van der Waals surface area contributed by atoms with Gasteiger partial charge in [0.1, 0.15) is 0 Å². The number of nitrogens with one attached hydrogen (secondary N) is 2. The van der Waals surface area contributed by atoms with Crippen LogP contribution in [0.25, 0.3) is 0 Å². The van der Waals surface area contributed by atoms with Gasteiger partial charge in [0, 0.05) is 43.8 Å². The summed E-state index contributed by atoms with van der Waals surface area (Å²) in [7, 11) is 0. The Morgan fingerprint density at radius 2 is 1.90 bits per heavy atom. The van der Waals surface area contributed by atoms with Gasteiger partial charge in [-0.15, -0.1) is 11.3 Å². The number of carbonyl (C=O) groups excluding carboxylic acids is 1. The van der Waals surface area contributed by atoms with Crippen molar-refractivity contribution in [2.24, 2.45) is 4.99 Å². The van der Waals surface area contributed by atoms with Crippen molar-refractivity contribution < 1.29 is 4.79 Å². The van der Waals surface area contributed by atoms with Crippen molar-refractivity contribution in [3.8, 4) is 0 Å². The number of piperazine rings is 1. The molecule has 3 rings (SSSR count). The molecule has 0 aliphatic carbocycles. The van der Waals surface area contributed by atoms with E-state index in [1.807, 2.05) is 45.0 Å². The number of anilines is 1. The Kier molecular flexibility index (Phi) is 7.37. The summed E-state index contributed by atoms with van der Waals surface area (Å²) in [5.41, 5.74) is 1.45. The first-order valence-corrected chi connectivity index (χ1v) is 11.5. The maximum Gasteiger partial charge on any atom is 0.251 e. The van der Waals surface area contributed by atoms with E-state index in [0.717, 1.165) is 44.2 Å². The maximum absolute atomic E-state index is 12.5. The van der Waals surface area contributed by atoms with E-state index in [4.69, 9.17) is 4.99 Å². The molecule has 0 saturated carbocycles. The highest BCUT2D eigenvalue weighted by Gasteiger charge is 2.20. The van der Waals surface area contributed by atoms with Gasteiger partial charge in [-0.25, -0.2) is 4.99 Å². The van der Waals surface area contributed by atoms with Crippen LogP contribution < -0.4 is 15.5 Å². The van der Waals surface area contributed by atoms with Crippen LogP contribution in [-0.4, -0.2) is 55.0 Å². The highest BCUT2D eigenvalue weighted by molar-refractivity contribution is 7.14. The predicted molar refractivity (Wildman–Crippen MR) is 127 cm³/mol. The number of amides is 1. The molecule has 2 aromatic rings. The Morgan fingerprint density at radius 1 is 1.13 bits per heavy atom. The lowest BCUT2D eigenvalue weighted by Gasteiger charge is -2.37. The van der Waals surface area contributed by atoms with Crippen LogP contribution in [0.15, 0.2) is 46.8 Å². The number of rotatable bonds is 5. The van der Waals surface area contributed by atoms with Crippen molar-refractivity contribution >= 4 is 28.2 Å². The number of benzene rings is 1. The van der Waals surface area contributed by atoms with E-state index in [-0.39, 0.29) is 11.4 Å². The second kappa shape index (κ2) is 9.98. The minimum atomic E-state index is -0.255. The average molecular weight is 428 g/mol. The zero-order valence-electron chi connectivity index (χ0n) is 18.4. The molecule has 1 aliphatic heterocycles. The van der Waals surface area contributed by atoms with E-state index in [2.05, 4.69) is 44.9 Å². The van der Waals surface area contributed by atoms with E-state index in [9.17, 15) is 4.79 Å².